The molecule has 8 heteroatoms. The molecule has 0 aromatic carbocycles. The summed E-state index contributed by atoms with van der Waals surface area (Å²) < 4.78 is 25.8. The van der Waals surface area contributed by atoms with E-state index in [0.29, 0.717) is 0 Å². The summed E-state index contributed by atoms with van der Waals surface area (Å²) in [6, 6.07) is -0.786. The van der Waals surface area contributed by atoms with E-state index in [1.165, 1.54) is 17.9 Å². The molecule has 2 N–H and O–H groups in total. The van der Waals surface area contributed by atoms with Crippen molar-refractivity contribution in [3.05, 3.63) is 6.33 Å². The van der Waals surface area contributed by atoms with E-state index in [4.69, 9.17) is 0 Å². The van der Waals surface area contributed by atoms with E-state index in [9.17, 15) is 13.2 Å². The molecular weight excluding hydrogens is 196 g/mol. The van der Waals surface area contributed by atoms with Crippen molar-refractivity contribution in [2.24, 2.45) is 7.05 Å². The van der Waals surface area contributed by atoms with Crippen molar-refractivity contribution >= 4 is 21.9 Å². The molecule has 0 atom stereocenters. The zero-order valence-electron chi connectivity index (χ0n) is 6.60. The predicted molar refractivity (Wildman–Crippen MR) is 42.5 cm³/mol. The van der Waals surface area contributed by atoms with E-state index in [2.05, 4.69) is 10.3 Å². The second-order valence-corrected chi connectivity index (χ2v) is 4.17. The second kappa shape index (κ2) is 2.22. The molecule has 0 unspecified atom stereocenters. The van der Waals surface area contributed by atoms with Gasteiger partial charge < -0.3 is 4.57 Å². The van der Waals surface area contributed by atoms with Gasteiger partial charge in [0.25, 0.3) is 10.0 Å². The first-order chi connectivity index (χ1) is 6.00. The van der Waals surface area contributed by atoms with Crippen LogP contribution in [0.15, 0.2) is 11.4 Å². The highest BCUT2D eigenvalue weighted by molar-refractivity contribution is 7.90. The minimum Gasteiger partial charge on any atom is -0.321 e. The van der Waals surface area contributed by atoms with Gasteiger partial charge in [-0.1, -0.05) is 0 Å². The van der Waals surface area contributed by atoms with Gasteiger partial charge in [0.1, 0.15) is 0 Å². The summed E-state index contributed by atoms with van der Waals surface area (Å²) in [5, 5.41) is 2.24. The van der Waals surface area contributed by atoms with Crippen LogP contribution in [0.5, 0.6) is 0 Å². The summed E-state index contributed by atoms with van der Waals surface area (Å²) >= 11 is 0. The standard InChI is InChI=1S/C5H6N4O3S/c1-9-2-6-3-4(9)13(11,12)8-5(10)7-3/h2H,1H3,(H2,7,8,10). The van der Waals surface area contributed by atoms with Gasteiger partial charge >= 0.3 is 6.03 Å². The number of amides is 2. The van der Waals surface area contributed by atoms with Crippen LogP contribution in [0.25, 0.3) is 0 Å². The zero-order chi connectivity index (χ0) is 9.64. The number of sulfonamides is 1. The number of hydrogen-bond acceptors (Lipinski definition) is 4. The Hall–Kier alpha value is -1.57. The molecule has 2 heterocycles. The van der Waals surface area contributed by atoms with E-state index in [1.807, 2.05) is 0 Å². The number of rotatable bonds is 0. The zero-order valence-corrected chi connectivity index (χ0v) is 7.42. The van der Waals surface area contributed by atoms with Gasteiger partial charge in [0.05, 0.1) is 6.33 Å². The van der Waals surface area contributed by atoms with Gasteiger partial charge in [0.15, 0.2) is 10.8 Å². The van der Waals surface area contributed by atoms with Crippen LogP contribution in [-0.2, 0) is 17.1 Å². The molecule has 70 valence electrons. The van der Waals surface area contributed by atoms with E-state index in [1.54, 1.807) is 4.72 Å². The normalized spacial score (nSPS) is 18.7. The Labute approximate surface area is 73.8 Å². The predicted octanol–water partition coefficient (Wildman–Crippen LogP) is -0.756. The van der Waals surface area contributed by atoms with Crippen LogP contribution < -0.4 is 10.0 Å². The van der Waals surface area contributed by atoms with E-state index in [0.717, 1.165) is 0 Å². The minimum absolute atomic E-state index is 0.0351. The molecule has 0 fully saturated rings. The van der Waals surface area contributed by atoms with Crippen LogP contribution in [0, 0.1) is 0 Å². The van der Waals surface area contributed by atoms with Gasteiger partial charge in [-0.15, -0.1) is 0 Å². The molecule has 1 aromatic rings. The van der Waals surface area contributed by atoms with Crippen LogP contribution in [0.2, 0.25) is 0 Å². The average Bonchev–Trinajstić information content (AvgIpc) is 2.29. The summed E-state index contributed by atoms with van der Waals surface area (Å²) in [6.07, 6.45) is 1.31. The highest BCUT2D eigenvalue weighted by Gasteiger charge is 2.31. The largest absolute Gasteiger partial charge is 0.334 e. The van der Waals surface area contributed by atoms with Crippen LogP contribution in [0.4, 0.5) is 10.6 Å². The van der Waals surface area contributed by atoms with Crippen molar-refractivity contribution < 1.29 is 13.2 Å². The average molecular weight is 202 g/mol. The van der Waals surface area contributed by atoms with Gasteiger partial charge in [-0.2, -0.15) is 8.42 Å². The third-order valence-electron chi connectivity index (χ3n) is 1.60. The minimum atomic E-state index is -3.74. The molecule has 1 aliphatic rings. The molecule has 1 aromatic heterocycles. The number of aryl methyl sites for hydroxylation is 1. The summed E-state index contributed by atoms with van der Waals surface area (Å²) in [6.45, 7) is 0. The smallest absolute Gasteiger partial charge is 0.321 e. The fraction of sp³-hybridized carbons (Fsp3) is 0.200. The molecule has 0 bridgehead atoms. The van der Waals surface area contributed by atoms with Crippen LogP contribution in [-0.4, -0.2) is 24.0 Å². The SMILES string of the molecule is Cn1cnc2c1S(=O)(=O)NC(=O)N2. The first-order valence-corrected chi connectivity index (χ1v) is 4.84. The van der Waals surface area contributed by atoms with Crippen molar-refractivity contribution in [1.29, 1.82) is 0 Å². The highest BCUT2D eigenvalue weighted by atomic mass is 32.2. The first kappa shape index (κ1) is 8.05. The topological polar surface area (TPSA) is 93.1 Å². The number of fused-ring (bicyclic) bond motifs is 1. The number of aromatic nitrogens is 2. The number of carbonyl (C=O) groups is 1. The lowest BCUT2D eigenvalue weighted by Gasteiger charge is -2.14. The third kappa shape index (κ3) is 1.06. The Balaban J connectivity index is 2.73. The molecule has 2 amide bonds. The number of nitrogens with one attached hydrogen (secondary N) is 2. The number of nitrogens with zero attached hydrogens (tertiary/aromatic N) is 2. The fourth-order valence-electron chi connectivity index (χ4n) is 1.13. The quantitative estimate of drug-likeness (QED) is 0.578. The number of hydrogen-bond donors (Lipinski definition) is 2. The lowest BCUT2D eigenvalue weighted by molar-refractivity contribution is 0.256. The molecule has 0 saturated carbocycles. The molecule has 13 heavy (non-hydrogen) atoms. The summed E-state index contributed by atoms with van der Waals surface area (Å²) in [4.78, 5) is 14.5. The molecule has 7 nitrogen and oxygen atoms in total. The maximum atomic E-state index is 11.3. The number of carbonyl (C=O) groups excluding carboxylic acids is 1. The Bertz CT molecular complexity index is 474. The van der Waals surface area contributed by atoms with Crippen molar-refractivity contribution in [2.45, 2.75) is 5.03 Å². The lowest BCUT2D eigenvalue weighted by Crippen LogP contribution is -2.40. The maximum absolute atomic E-state index is 11.3. The Morgan fingerprint density at radius 3 is 2.92 bits per heavy atom. The van der Waals surface area contributed by atoms with Crippen LogP contribution in [0.3, 0.4) is 0 Å². The number of anilines is 1. The van der Waals surface area contributed by atoms with E-state index < -0.39 is 16.1 Å². The molecule has 0 radical (unpaired) electrons. The number of urea groups is 1. The molecule has 0 aliphatic carbocycles. The van der Waals surface area contributed by atoms with Crippen molar-refractivity contribution in [2.75, 3.05) is 5.32 Å². The van der Waals surface area contributed by atoms with Crippen molar-refractivity contribution in [3.63, 3.8) is 0 Å². The third-order valence-corrected chi connectivity index (χ3v) is 3.04. The summed E-state index contributed by atoms with van der Waals surface area (Å²) in [7, 11) is -2.21. The second-order valence-electron chi connectivity index (χ2n) is 2.57. The van der Waals surface area contributed by atoms with Gasteiger partial charge in [-0.25, -0.2) is 14.5 Å². The number of imidazole rings is 1. The van der Waals surface area contributed by atoms with Crippen molar-refractivity contribution in [1.82, 2.24) is 14.3 Å². The van der Waals surface area contributed by atoms with Gasteiger partial charge in [-0.05, 0) is 0 Å². The Morgan fingerprint density at radius 1 is 1.54 bits per heavy atom. The fourth-order valence-corrected chi connectivity index (χ4v) is 2.30. The Kier molecular flexibility index (Phi) is 1.38. The molecule has 2 rings (SSSR count). The van der Waals surface area contributed by atoms with Gasteiger partial charge in [-0.3, -0.25) is 5.32 Å². The lowest BCUT2D eigenvalue weighted by atomic mass is 10.7. The monoisotopic (exact) mass is 202 g/mol. The van der Waals surface area contributed by atoms with Crippen LogP contribution in [0.1, 0.15) is 0 Å². The summed E-state index contributed by atoms with van der Waals surface area (Å²) in [5.41, 5.74) is 0. The molecule has 0 spiro atoms. The van der Waals surface area contributed by atoms with E-state index >= 15 is 0 Å². The molecule has 0 saturated heterocycles. The first-order valence-electron chi connectivity index (χ1n) is 3.36. The van der Waals surface area contributed by atoms with Crippen molar-refractivity contribution in [3.8, 4) is 0 Å². The maximum Gasteiger partial charge on any atom is 0.334 e. The van der Waals surface area contributed by atoms with Gasteiger partial charge in [0.2, 0.25) is 0 Å². The van der Waals surface area contributed by atoms with E-state index in [-0.39, 0.29) is 10.8 Å². The van der Waals surface area contributed by atoms with Gasteiger partial charge in [0, 0.05) is 7.05 Å². The molecular formula is C5H6N4O3S. The summed E-state index contributed by atoms with van der Waals surface area (Å²) in [5.74, 6) is 0.0613. The Morgan fingerprint density at radius 2 is 2.23 bits per heavy atom. The highest BCUT2D eigenvalue weighted by Crippen LogP contribution is 2.21. The van der Waals surface area contributed by atoms with Crippen LogP contribution >= 0.6 is 0 Å². The molecule has 1 aliphatic heterocycles.